The molecule has 0 aliphatic rings. The van der Waals surface area contributed by atoms with E-state index >= 15 is 0 Å². The Kier molecular flexibility index (Phi) is 7.94. The highest BCUT2D eigenvalue weighted by Crippen LogP contribution is 2.28. The van der Waals surface area contributed by atoms with Gasteiger partial charge in [0.05, 0.1) is 17.0 Å². The summed E-state index contributed by atoms with van der Waals surface area (Å²) in [7, 11) is 0. The number of amides is 1. The number of carbonyl (C=O) groups excluding carboxylic acids is 1. The Bertz CT molecular complexity index is 451. The molecule has 0 aliphatic carbocycles. The summed E-state index contributed by atoms with van der Waals surface area (Å²) in [6.45, 7) is 7.45. The predicted octanol–water partition coefficient (Wildman–Crippen LogP) is 3.47. The van der Waals surface area contributed by atoms with Gasteiger partial charge in [-0.05, 0) is 39.0 Å². The number of halogens is 2. The van der Waals surface area contributed by atoms with E-state index in [0.717, 1.165) is 0 Å². The summed E-state index contributed by atoms with van der Waals surface area (Å²) in [6, 6.07) is 4.98. The SMILES string of the molecule is CC(C)Oc1ccc(NC(=O)C(C)C(C)N)cc1Cl.Cl. The second-order valence-corrected chi connectivity index (χ2v) is 5.36. The minimum absolute atomic E-state index is 0. The molecule has 3 N–H and O–H groups in total. The normalized spacial score (nSPS) is 13.3. The van der Waals surface area contributed by atoms with Crippen LogP contribution in [0.2, 0.25) is 5.02 Å². The van der Waals surface area contributed by atoms with Crippen LogP contribution in [0.5, 0.6) is 5.75 Å². The number of carbonyl (C=O) groups is 1. The van der Waals surface area contributed by atoms with Gasteiger partial charge in [-0.1, -0.05) is 18.5 Å². The first-order valence-corrected chi connectivity index (χ1v) is 6.71. The van der Waals surface area contributed by atoms with E-state index in [4.69, 9.17) is 22.1 Å². The number of hydrogen-bond donors (Lipinski definition) is 2. The molecular formula is C14H22Cl2N2O2. The van der Waals surface area contributed by atoms with Crippen LogP contribution in [0.15, 0.2) is 18.2 Å². The summed E-state index contributed by atoms with van der Waals surface area (Å²) in [5.74, 6) is 0.226. The summed E-state index contributed by atoms with van der Waals surface area (Å²) in [5, 5.41) is 3.26. The first-order chi connectivity index (χ1) is 8.81. The molecule has 1 aromatic rings. The zero-order valence-electron chi connectivity index (χ0n) is 12.1. The molecule has 1 amide bonds. The molecule has 0 saturated carbocycles. The van der Waals surface area contributed by atoms with Gasteiger partial charge in [0.2, 0.25) is 5.91 Å². The molecule has 0 spiro atoms. The first kappa shape index (κ1) is 19.0. The smallest absolute Gasteiger partial charge is 0.228 e. The van der Waals surface area contributed by atoms with Crippen molar-refractivity contribution in [1.29, 1.82) is 0 Å². The average Bonchev–Trinajstić information content (AvgIpc) is 2.31. The lowest BCUT2D eigenvalue weighted by molar-refractivity contribution is -0.119. The van der Waals surface area contributed by atoms with E-state index in [1.807, 2.05) is 13.8 Å². The second kappa shape index (κ2) is 8.35. The molecule has 0 saturated heterocycles. The van der Waals surface area contributed by atoms with Crippen LogP contribution in [-0.2, 0) is 4.79 Å². The summed E-state index contributed by atoms with van der Waals surface area (Å²) in [4.78, 5) is 11.9. The number of rotatable bonds is 5. The lowest BCUT2D eigenvalue weighted by Gasteiger charge is -2.16. The fraction of sp³-hybridized carbons (Fsp3) is 0.500. The molecule has 0 bridgehead atoms. The molecule has 1 rings (SSSR count). The number of nitrogens with two attached hydrogens (primary N) is 1. The third-order valence-electron chi connectivity index (χ3n) is 2.76. The van der Waals surface area contributed by atoms with Gasteiger partial charge in [-0.2, -0.15) is 0 Å². The minimum atomic E-state index is -0.259. The monoisotopic (exact) mass is 320 g/mol. The first-order valence-electron chi connectivity index (χ1n) is 6.34. The van der Waals surface area contributed by atoms with E-state index in [0.29, 0.717) is 16.5 Å². The Morgan fingerprint density at radius 1 is 1.30 bits per heavy atom. The van der Waals surface area contributed by atoms with E-state index in [-0.39, 0.29) is 36.4 Å². The lowest BCUT2D eigenvalue weighted by atomic mass is 10.0. The van der Waals surface area contributed by atoms with Crippen molar-refractivity contribution in [2.75, 3.05) is 5.32 Å². The third kappa shape index (κ3) is 5.57. The molecule has 0 heterocycles. The van der Waals surface area contributed by atoms with Crippen molar-refractivity contribution in [3.8, 4) is 5.75 Å². The quantitative estimate of drug-likeness (QED) is 0.873. The van der Waals surface area contributed by atoms with Crippen LogP contribution in [0, 0.1) is 5.92 Å². The van der Waals surface area contributed by atoms with Gasteiger partial charge in [0.25, 0.3) is 0 Å². The van der Waals surface area contributed by atoms with Gasteiger partial charge in [0.15, 0.2) is 0 Å². The van der Waals surface area contributed by atoms with Gasteiger partial charge in [0.1, 0.15) is 5.75 Å². The Morgan fingerprint density at radius 2 is 1.90 bits per heavy atom. The van der Waals surface area contributed by atoms with E-state index < -0.39 is 0 Å². The van der Waals surface area contributed by atoms with Gasteiger partial charge in [-0.3, -0.25) is 4.79 Å². The summed E-state index contributed by atoms with van der Waals surface area (Å²) >= 11 is 6.10. The fourth-order valence-electron chi connectivity index (χ4n) is 1.42. The fourth-order valence-corrected chi connectivity index (χ4v) is 1.65. The molecule has 6 heteroatoms. The Hall–Kier alpha value is -0.970. The third-order valence-corrected chi connectivity index (χ3v) is 3.06. The zero-order chi connectivity index (χ0) is 14.6. The molecule has 0 fully saturated rings. The number of anilines is 1. The van der Waals surface area contributed by atoms with Crippen LogP contribution in [0.1, 0.15) is 27.7 Å². The molecule has 114 valence electrons. The average molecular weight is 321 g/mol. The van der Waals surface area contributed by atoms with Crippen LogP contribution in [0.3, 0.4) is 0 Å². The van der Waals surface area contributed by atoms with Crippen molar-refractivity contribution >= 4 is 35.6 Å². The second-order valence-electron chi connectivity index (χ2n) is 4.95. The van der Waals surface area contributed by atoms with Crippen LogP contribution >= 0.6 is 24.0 Å². The summed E-state index contributed by atoms with van der Waals surface area (Å²) in [5.41, 5.74) is 6.33. The van der Waals surface area contributed by atoms with Crippen LogP contribution in [-0.4, -0.2) is 18.1 Å². The van der Waals surface area contributed by atoms with Crippen LogP contribution in [0.4, 0.5) is 5.69 Å². The van der Waals surface area contributed by atoms with Gasteiger partial charge in [0, 0.05) is 11.7 Å². The van der Waals surface area contributed by atoms with Crippen molar-refractivity contribution in [1.82, 2.24) is 0 Å². The molecule has 0 aromatic heterocycles. The summed E-state index contributed by atoms with van der Waals surface area (Å²) in [6.07, 6.45) is 0.0519. The number of ether oxygens (including phenoxy) is 1. The highest BCUT2D eigenvalue weighted by atomic mass is 35.5. The molecule has 2 atom stereocenters. The zero-order valence-corrected chi connectivity index (χ0v) is 13.7. The lowest BCUT2D eigenvalue weighted by Crippen LogP contribution is -2.34. The van der Waals surface area contributed by atoms with Crippen LogP contribution < -0.4 is 15.8 Å². The maximum Gasteiger partial charge on any atom is 0.228 e. The standard InChI is InChI=1S/C14H21ClN2O2.ClH/c1-8(2)19-13-6-5-11(7-12(13)15)17-14(18)9(3)10(4)16;/h5-10H,16H2,1-4H3,(H,17,18);1H. The Labute approximate surface area is 131 Å². The van der Waals surface area contributed by atoms with Crippen LogP contribution in [0.25, 0.3) is 0 Å². The molecule has 2 unspecified atom stereocenters. The topological polar surface area (TPSA) is 64.3 Å². The van der Waals surface area contributed by atoms with E-state index in [1.54, 1.807) is 32.0 Å². The van der Waals surface area contributed by atoms with Gasteiger partial charge >= 0.3 is 0 Å². The Balaban J connectivity index is 0.00000361. The van der Waals surface area contributed by atoms with Gasteiger partial charge in [-0.15, -0.1) is 12.4 Å². The van der Waals surface area contributed by atoms with Crippen molar-refractivity contribution < 1.29 is 9.53 Å². The van der Waals surface area contributed by atoms with E-state index in [2.05, 4.69) is 5.32 Å². The number of nitrogens with one attached hydrogen (secondary N) is 1. The molecule has 0 radical (unpaired) electrons. The highest BCUT2D eigenvalue weighted by Gasteiger charge is 2.17. The van der Waals surface area contributed by atoms with Gasteiger partial charge in [-0.25, -0.2) is 0 Å². The molecule has 0 aliphatic heterocycles. The van der Waals surface area contributed by atoms with Crippen molar-refractivity contribution in [2.24, 2.45) is 11.7 Å². The largest absolute Gasteiger partial charge is 0.489 e. The molecular weight excluding hydrogens is 299 g/mol. The maximum atomic E-state index is 11.9. The summed E-state index contributed by atoms with van der Waals surface area (Å²) < 4.78 is 5.53. The van der Waals surface area contributed by atoms with Crippen molar-refractivity contribution in [3.05, 3.63) is 23.2 Å². The molecule has 20 heavy (non-hydrogen) atoms. The maximum absolute atomic E-state index is 11.9. The van der Waals surface area contributed by atoms with E-state index in [1.165, 1.54) is 0 Å². The minimum Gasteiger partial charge on any atom is -0.489 e. The molecule has 4 nitrogen and oxygen atoms in total. The number of hydrogen-bond acceptors (Lipinski definition) is 3. The highest BCUT2D eigenvalue weighted by molar-refractivity contribution is 6.32. The number of benzene rings is 1. The van der Waals surface area contributed by atoms with Gasteiger partial charge < -0.3 is 15.8 Å². The Morgan fingerprint density at radius 3 is 2.35 bits per heavy atom. The van der Waals surface area contributed by atoms with Crippen molar-refractivity contribution in [2.45, 2.75) is 39.8 Å². The van der Waals surface area contributed by atoms with E-state index in [9.17, 15) is 4.79 Å². The molecule has 1 aromatic carbocycles. The van der Waals surface area contributed by atoms with Crippen molar-refractivity contribution in [3.63, 3.8) is 0 Å². The predicted molar refractivity (Wildman–Crippen MR) is 85.9 cm³/mol.